The van der Waals surface area contributed by atoms with Gasteiger partial charge in [0.2, 0.25) is 11.9 Å². The van der Waals surface area contributed by atoms with Gasteiger partial charge in [-0.15, -0.1) is 0 Å². The van der Waals surface area contributed by atoms with Crippen LogP contribution >= 0.6 is 0 Å². The monoisotopic (exact) mass is 351 g/mol. The Labute approximate surface area is 151 Å². The normalized spacial score (nSPS) is 16.7. The van der Waals surface area contributed by atoms with Gasteiger partial charge in [-0.25, -0.2) is 9.97 Å². The van der Waals surface area contributed by atoms with Crippen molar-refractivity contribution >= 4 is 23.5 Å². The molecule has 1 aliphatic rings. The standard InChI is InChI=1S/C18H21N7O/c1-11-14(6-4-12-5-7-15(19)22-9-12)17(24-18(21)23-11)25-8-2-3-13(10-25)16(20)26/h5,7,9,13H,2-3,8,10H2,1H3,(H2,19,22)(H2,20,26)(H2,21,23,24). The van der Waals surface area contributed by atoms with Crippen molar-refractivity contribution in [2.75, 3.05) is 29.5 Å². The number of primary amides is 1. The minimum Gasteiger partial charge on any atom is -0.384 e. The van der Waals surface area contributed by atoms with Gasteiger partial charge >= 0.3 is 0 Å². The molecule has 1 atom stereocenters. The van der Waals surface area contributed by atoms with Crippen molar-refractivity contribution in [1.29, 1.82) is 0 Å². The summed E-state index contributed by atoms with van der Waals surface area (Å²) in [6.07, 6.45) is 3.24. The van der Waals surface area contributed by atoms with Gasteiger partial charge < -0.3 is 22.1 Å². The molecular formula is C18H21N7O. The van der Waals surface area contributed by atoms with Crippen molar-refractivity contribution in [3.8, 4) is 11.8 Å². The molecule has 1 fully saturated rings. The Bertz CT molecular complexity index is 883. The van der Waals surface area contributed by atoms with Gasteiger partial charge in [0.15, 0.2) is 0 Å². The van der Waals surface area contributed by atoms with Crippen LogP contribution in [-0.2, 0) is 4.79 Å². The molecule has 1 amide bonds. The highest BCUT2D eigenvalue weighted by atomic mass is 16.1. The second-order valence-electron chi connectivity index (χ2n) is 6.28. The van der Waals surface area contributed by atoms with Crippen LogP contribution in [0.4, 0.5) is 17.6 Å². The lowest BCUT2D eigenvalue weighted by atomic mass is 9.97. The molecule has 3 heterocycles. The Morgan fingerprint density at radius 1 is 1.27 bits per heavy atom. The van der Waals surface area contributed by atoms with Crippen molar-refractivity contribution in [2.45, 2.75) is 19.8 Å². The number of nitrogen functional groups attached to an aromatic ring is 2. The number of aryl methyl sites for hydroxylation is 1. The van der Waals surface area contributed by atoms with Crippen molar-refractivity contribution in [1.82, 2.24) is 15.0 Å². The first-order valence-corrected chi connectivity index (χ1v) is 8.36. The van der Waals surface area contributed by atoms with Gasteiger partial charge in [0.05, 0.1) is 17.2 Å². The molecule has 0 spiro atoms. The van der Waals surface area contributed by atoms with Crippen LogP contribution in [0.3, 0.4) is 0 Å². The highest BCUT2D eigenvalue weighted by molar-refractivity contribution is 5.77. The molecule has 0 saturated carbocycles. The third kappa shape index (κ3) is 3.83. The maximum absolute atomic E-state index is 11.6. The molecule has 0 aliphatic carbocycles. The molecule has 26 heavy (non-hydrogen) atoms. The summed E-state index contributed by atoms with van der Waals surface area (Å²) in [6, 6.07) is 3.49. The quantitative estimate of drug-likeness (QED) is 0.668. The molecule has 8 heteroatoms. The third-order valence-corrected chi connectivity index (χ3v) is 4.33. The molecule has 0 aromatic carbocycles. The fourth-order valence-electron chi connectivity index (χ4n) is 2.97. The Morgan fingerprint density at radius 3 is 2.77 bits per heavy atom. The zero-order valence-electron chi connectivity index (χ0n) is 14.6. The lowest BCUT2D eigenvalue weighted by Gasteiger charge is -2.32. The van der Waals surface area contributed by atoms with Crippen LogP contribution in [0.25, 0.3) is 0 Å². The van der Waals surface area contributed by atoms with Gasteiger partial charge in [-0.05, 0) is 31.9 Å². The summed E-state index contributed by atoms with van der Waals surface area (Å²) in [6.45, 7) is 3.10. The minimum absolute atomic E-state index is 0.179. The number of anilines is 3. The molecule has 8 nitrogen and oxygen atoms in total. The lowest BCUT2D eigenvalue weighted by Crippen LogP contribution is -2.42. The molecule has 6 N–H and O–H groups in total. The van der Waals surface area contributed by atoms with E-state index >= 15 is 0 Å². The molecule has 0 radical (unpaired) electrons. The number of pyridine rings is 1. The first-order valence-electron chi connectivity index (χ1n) is 8.36. The Morgan fingerprint density at radius 2 is 2.08 bits per heavy atom. The number of amides is 1. The topological polar surface area (TPSA) is 137 Å². The van der Waals surface area contributed by atoms with Gasteiger partial charge in [-0.3, -0.25) is 4.79 Å². The van der Waals surface area contributed by atoms with E-state index in [4.69, 9.17) is 17.2 Å². The minimum atomic E-state index is -0.297. The SMILES string of the molecule is Cc1nc(N)nc(N2CCCC(C(N)=O)C2)c1C#Cc1ccc(N)nc1. The largest absolute Gasteiger partial charge is 0.384 e. The Hall–Kier alpha value is -3.34. The first-order chi connectivity index (χ1) is 12.4. The number of piperidine rings is 1. The number of carbonyl (C=O) groups excluding carboxylic acids is 1. The van der Waals surface area contributed by atoms with Crippen LogP contribution in [-0.4, -0.2) is 33.9 Å². The number of hydrogen-bond acceptors (Lipinski definition) is 7. The highest BCUT2D eigenvalue weighted by Crippen LogP contribution is 2.26. The number of rotatable bonds is 2. The number of nitrogens with zero attached hydrogens (tertiary/aromatic N) is 4. The summed E-state index contributed by atoms with van der Waals surface area (Å²) in [5.41, 5.74) is 19.0. The molecule has 2 aromatic heterocycles. The van der Waals surface area contributed by atoms with Gasteiger partial charge in [0.1, 0.15) is 11.6 Å². The van der Waals surface area contributed by atoms with E-state index in [0.717, 1.165) is 24.9 Å². The van der Waals surface area contributed by atoms with Gasteiger partial charge in [-0.2, -0.15) is 4.98 Å². The molecule has 2 aromatic rings. The van der Waals surface area contributed by atoms with E-state index in [-0.39, 0.29) is 17.8 Å². The summed E-state index contributed by atoms with van der Waals surface area (Å²) in [7, 11) is 0. The third-order valence-electron chi connectivity index (χ3n) is 4.33. The molecule has 1 unspecified atom stereocenters. The maximum Gasteiger partial charge on any atom is 0.222 e. The van der Waals surface area contributed by atoms with Gasteiger partial charge in [-0.1, -0.05) is 11.8 Å². The number of carbonyl (C=O) groups is 1. The Kier molecular flexibility index (Phi) is 4.89. The Balaban J connectivity index is 1.98. The number of aromatic nitrogens is 3. The summed E-state index contributed by atoms with van der Waals surface area (Å²) >= 11 is 0. The first kappa shape index (κ1) is 17.5. The van der Waals surface area contributed by atoms with E-state index in [0.29, 0.717) is 29.4 Å². The predicted octanol–water partition coefficient (Wildman–Crippen LogP) is 0.446. The molecule has 3 rings (SSSR count). The van der Waals surface area contributed by atoms with Crippen LogP contribution in [0, 0.1) is 24.7 Å². The van der Waals surface area contributed by atoms with E-state index < -0.39 is 0 Å². The molecule has 1 aliphatic heterocycles. The second-order valence-corrected chi connectivity index (χ2v) is 6.28. The zero-order valence-corrected chi connectivity index (χ0v) is 14.6. The van der Waals surface area contributed by atoms with E-state index in [2.05, 4.69) is 26.8 Å². The van der Waals surface area contributed by atoms with Crippen molar-refractivity contribution in [2.24, 2.45) is 11.7 Å². The summed E-state index contributed by atoms with van der Waals surface area (Å²) in [5.74, 6) is 6.92. The van der Waals surface area contributed by atoms with Gasteiger partial charge in [0, 0.05) is 24.8 Å². The molecular weight excluding hydrogens is 330 g/mol. The van der Waals surface area contributed by atoms with E-state index in [1.807, 2.05) is 11.8 Å². The average molecular weight is 351 g/mol. The van der Waals surface area contributed by atoms with Crippen molar-refractivity contribution in [3.63, 3.8) is 0 Å². The molecule has 0 bridgehead atoms. The summed E-state index contributed by atoms with van der Waals surface area (Å²) in [4.78, 5) is 26.2. The van der Waals surface area contributed by atoms with Crippen LogP contribution in [0.5, 0.6) is 0 Å². The lowest BCUT2D eigenvalue weighted by molar-refractivity contribution is -0.122. The van der Waals surface area contributed by atoms with E-state index in [1.54, 1.807) is 18.3 Å². The van der Waals surface area contributed by atoms with E-state index in [1.165, 1.54) is 0 Å². The fourth-order valence-corrected chi connectivity index (χ4v) is 2.97. The highest BCUT2D eigenvalue weighted by Gasteiger charge is 2.27. The molecule has 134 valence electrons. The maximum atomic E-state index is 11.6. The van der Waals surface area contributed by atoms with Crippen LogP contribution in [0.15, 0.2) is 18.3 Å². The van der Waals surface area contributed by atoms with Crippen molar-refractivity contribution < 1.29 is 4.79 Å². The fraction of sp³-hybridized carbons (Fsp3) is 0.333. The van der Waals surface area contributed by atoms with Crippen LogP contribution < -0.4 is 22.1 Å². The average Bonchev–Trinajstić information content (AvgIpc) is 2.62. The summed E-state index contributed by atoms with van der Waals surface area (Å²) < 4.78 is 0. The van der Waals surface area contributed by atoms with Crippen LogP contribution in [0.2, 0.25) is 0 Å². The van der Waals surface area contributed by atoms with Crippen LogP contribution in [0.1, 0.15) is 29.7 Å². The predicted molar refractivity (Wildman–Crippen MR) is 99.9 cm³/mol. The smallest absolute Gasteiger partial charge is 0.222 e. The summed E-state index contributed by atoms with van der Waals surface area (Å²) in [5, 5.41) is 0. The number of nitrogens with two attached hydrogens (primary N) is 3. The second kappa shape index (κ2) is 7.27. The molecule has 1 saturated heterocycles. The zero-order chi connectivity index (χ0) is 18.7. The van der Waals surface area contributed by atoms with Gasteiger partial charge in [0.25, 0.3) is 0 Å². The van der Waals surface area contributed by atoms with E-state index in [9.17, 15) is 4.79 Å². The number of hydrogen-bond donors (Lipinski definition) is 3. The van der Waals surface area contributed by atoms with Crippen molar-refractivity contribution in [3.05, 3.63) is 35.2 Å².